The van der Waals surface area contributed by atoms with Crippen LogP contribution in [-0.4, -0.2) is 51.9 Å². The van der Waals surface area contributed by atoms with Gasteiger partial charge in [0.05, 0.1) is 12.6 Å². The van der Waals surface area contributed by atoms with Crippen LogP contribution in [0.15, 0.2) is 48.5 Å². The average Bonchev–Trinajstić information content (AvgIpc) is 3.13. The summed E-state index contributed by atoms with van der Waals surface area (Å²) < 4.78 is 17.5. The number of nitrogens with one attached hydrogen (secondary N) is 2. The van der Waals surface area contributed by atoms with Gasteiger partial charge in [-0.15, -0.1) is 0 Å². The molecule has 0 unspecified atom stereocenters. The van der Waals surface area contributed by atoms with E-state index in [-0.39, 0.29) is 23.6 Å². The number of alkyl carbamates (subject to hydrolysis) is 2. The van der Waals surface area contributed by atoms with Gasteiger partial charge in [0, 0.05) is 12.5 Å². The number of carbonyl (C=O) groups is 2. The van der Waals surface area contributed by atoms with Crippen LogP contribution in [0.1, 0.15) is 65.0 Å². The Labute approximate surface area is 228 Å². The summed E-state index contributed by atoms with van der Waals surface area (Å²) >= 11 is 0. The number of benzene rings is 2. The Morgan fingerprint density at radius 2 is 1.45 bits per heavy atom. The minimum atomic E-state index is -2.03. The number of fused-ring (bicyclic) bond motifs is 3. The first-order chi connectivity index (χ1) is 17.7. The second-order valence-corrected chi connectivity index (χ2v) is 17.3. The molecule has 8 heteroatoms. The molecule has 1 aliphatic carbocycles. The molecule has 2 aromatic carbocycles. The number of hydrogen-bond donors (Lipinski definition) is 2. The molecule has 7 nitrogen and oxygen atoms in total. The van der Waals surface area contributed by atoms with Gasteiger partial charge in [-0.1, -0.05) is 69.3 Å². The fraction of sp³-hybridized carbons (Fsp3) is 0.533. The molecular weight excluding hydrogens is 496 g/mol. The Bertz CT molecular complexity index is 1070. The average molecular weight is 541 g/mol. The molecule has 0 bridgehead atoms. The van der Waals surface area contributed by atoms with Gasteiger partial charge in [0.2, 0.25) is 0 Å². The van der Waals surface area contributed by atoms with Crippen molar-refractivity contribution in [3.05, 3.63) is 59.7 Å². The molecule has 2 N–H and O–H groups in total. The first-order valence-corrected chi connectivity index (χ1v) is 16.3. The molecule has 2 aromatic rings. The Hall–Kier alpha value is -2.84. The number of ether oxygens (including phenoxy) is 2. The van der Waals surface area contributed by atoms with Crippen LogP contribution in [0, 0.1) is 0 Å². The lowest BCUT2D eigenvalue weighted by molar-refractivity contribution is 0.0524. The van der Waals surface area contributed by atoms with E-state index in [9.17, 15) is 9.59 Å². The van der Waals surface area contributed by atoms with Gasteiger partial charge in [-0.05, 0) is 67.6 Å². The van der Waals surface area contributed by atoms with Crippen molar-refractivity contribution in [2.45, 2.75) is 83.7 Å². The van der Waals surface area contributed by atoms with Gasteiger partial charge in [-0.2, -0.15) is 0 Å². The molecule has 2 amide bonds. The molecule has 3 rings (SSSR count). The second-order valence-electron chi connectivity index (χ2n) is 12.5. The van der Waals surface area contributed by atoms with E-state index in [2.05, 4.69) is 68.8 Å². The van der Waals surface area contributed by atoms with Crippen molar-refractivity contribution in [1.29, 1.82) is 0 Å². The number of amides is 2. The molecule has 0 saturated carbocycles. The Balaban J connectivity index is 1.62. The molecular formula is C30H44N2O5Si. The Morgan fingerprint density at radius 3 is 1.97 bits per heavy atom. The van der Waals surface area contributed by atoms with E-state index in [4.69, 9.17) is 13.9 Å². The topological polar surface area (TPSA) is 85.9 Å². The summed E-state index contributed by atoms with van der Waals surface area (Å²) in [4.78, 5) is 25.0. The maximum Gasteiger partial charge on any atom is 0.407 e. The van der Waals surface area contributed by atoms with Crippen molar-refractivity contribution < 1.29 is 23.5 Å². The third-order valence-electron chi connectivity index (χ3n) is 7.28. The highest BCUT2D eigenvalue weighted by atomic mass is 28.4. The Kier molecular flexibility index (Phi) is 9.31. The van der Waals surface area contributed by atoms with Gasteiger partial charge in [0.15, 0.2) is 8.32 Å². The van der Waals surface area contributed by atoms with Crippen LogP contribution in [0.3, 0.4) is 0 Å². The van der Waals surface area contributed by atoms with Gasteiger partial charge in [-0.25, -0.2) is 9.59 Å². The van der Waals surface area contributed by atoms with Crippen LogP contribution >= 0.6 is 0 Å². The van der Waals surface area contributed by atoms with Crippen LogP contribution in [-0.2, 0) is 13.9 Å². The summed E-state index contributed by atoms with van der Waals surface area (Å²) in [5.74, 6) is -0.0103. The maximum atomic E-state index is 13.0. The minimum Gasteiger partial charge on any atom is -0.449 e. The zero-order valence-corrected chi connectivity index (χ0v) is 25.1. The minimum absolute atomic E-state index is 0.0103. The zero-order chi connectivity index (χ0) is 28.1. The van der Waals surface area contributed by atoms with Gasteiger partial charge >= 0.3 is 12.2 Å². The van der Waals surface area contributed by atoms with E-state index in [1.54, 1.807) is 0 Å². The normalized spacial score (nSPS) is 14.3. The highest BCUT2D eigenvalue weighted by Gasteiger charge is 2.38. The summed E-state index contributed by atoms with van der Waals surface area (Å²) in [6.07, 6.45) is -0.492. The molecule has 0 aliphatic heterocycles. The quantitative estimate of drug-likeness (QED) is 0.341. The maximum absolute atomic E-state index is 13.0. The van der Waals surface area contributed by atoms with Crippen molar-refractivity contribution in [3.8, 4) is 11.1 Å². The molecule has 38 heavy (non-hydrogen) atoms. The highest BCUT2D eigenvalue weighted by molar-refractivity contribution is 6.74. The van der Waals surface area contributed by atoms with E-state index in [0.29, 0.717) is 19.6 Å². The summed E-state index contributed by atoms with van der Waals surface area (Å²) in [7, 11) is -2.03. The fourth-order valence-corrected chi connectivity index (χ4v) is 5.24. The lowest BCUT2D eigenvalue weighted by Gasteiger charge is -2.37. The standard InChI is InChI=1S/C30H44N2O5Si/c1-29(2,3)37-27(33)31-18-17-21(19-36-38(7,8)30(4,5)6)32-28(34)35-20-26-24-15-11-9-13-22(24)23-14-10-12-16-25(23)26/h9-16,21,26H,17-20H2,1-8H3,(H,31,33)(H,32,34)/t21-/m1/s1. The first-order valence-electron chi connectivity index (χ1n) is 13.4. The second kappa shape index (κ2) is 11.9. The Morgan fingerprint density at radius 1 is 0.895 bits per heavy atom. The molecule has 0 fully saturated rings. The monoisotopic (exact) mass is 540 g/mol. The molecule has 0 spiro atoms. The van der Waals surface area contributed by atoms with Gasteiger partial charge in [0.1, 0.15) is 12.2 Å². The summed E-state index contributed by atoms with van der Waals surface area (Å²) in [5, 5.41) is 5.79. The summed E-state index contributed by atoms with van der Waals surface area (Å²) in [6, 6.07) is 16.2. The highest BCUT2D eigenvalue weighted by Crippen LogP contribution is 2.44. The van der Waals surface area contributed by atoms with Crippen LogP contribution in [0.2, 0.25) is 18.1 Å². The fourth-order valence-electron chi connectivity index (χ4n) is 4.19. The summed E-state index contributed by atoms with van der Waals surface area (Å²) in [6.45, 7) is 17.3. The van der Waals surface area contributed by atoms with Crippen molar-refractivity contribution in [3.63, 3.8) is 0 Å². The predicted molar refractivity (Wildman–Crippen MR) is 154 cm³/mol. The summed E-state index contributed by atoms with van der Waals surface area (Å²) in [5.41, 5.74) is 4.13. The van der Waals surface area contributed by atoms with Crippen molar-refractivity contribution in [1.82, 2.24) is 10.6 Å². The molecule has 1 aliphatic rings. The van der Waals surface area contributed by atoms with Crippen LogP contribution in [0.25, 0.3) is 11.1 Å². The molecule has 1 atom stereocenters. The van der Waals surface area contributed by atoms with E-state index >= 15 is 0 Å². The smallest absolute Gasteiger partial charge is 0.407 e. The molecule has 0 saturated heterocycles. The largest absolute Gasteiger partial charge is 0.449 e. The number of carbonyl (C=O) groups excluding carboxylic acids is 2. The van der Waals surface area contributed by atoms with Crippen molar-refractivity contribution >= 4 is 20.5 Å². The number of hydrogen-bond acceptors (Lipinski definition) is 5. The third kappa shape index (κ3) is 7.83. The molecule has 0 heterocycles. The van der Waals surface area contributed by atoms with Gasteiger partial charge in [-0.3, -0.25) is 0 Å². The first kappa shape index (κ1) is 29.7. The molecule has 208 valence electrons. The zero-order valence-electron chi connectivity index (χ0n) is 24.1. The van der Waals surface area contributed by atoms with E-state index < -0.39 is 26.1 Å². The molecule has 0 radical (unpaired) electrons. The van der Waals surface area contributed by atoms with E-state index in [1.807, 2.05) is 45.0 Å². The molecule has 0 aromatic heterocycles. The SMILES string of the molecule is CC(C)(C)OC(=O)NCC[C@H](CO[Si](C)(C)C(C)(C)C)NC(=O)OCC1c2ccccc2-c2ccccc21. The van der Waals surface area contributed by atoms with E-state index in [0.717, 1.165) is 0 Å². The van der Waals surface area contributed by atoms with Gasteiger partial charge in [0.25, 0.3) is 0 Å². The van der Waals surface area contributed by atoms with E-state index in [1.165, 1.54) is 22.3 Å². The third-order valence-corrected chi connectivity index (χ3v) is 11.8. The lowest BCUT2D eigenvalue weighted by atomic mass is 9.98. The predicted octanol–water partition coefficient (Wildman–Crippen LogP) is 6.83. The van der Waals surface area contributed by atoms with Crippen molar-refractivity contribution in [2.24, 2.45) is 0 Å². The van der Waals surface area contributed by atoms with Crippen LogP contribution < -0.4 is 10.6 Å². The number of rotatable bonds is 9. The van der Waals surface area contributed by atoms with Crippen molar-refractivity contribution in [2.75, 3.05) is 19.8 Å². The van der Waals surface area contributed by atoms with Crippen LogP contribution in [0.5, 0.6) is 0 Å². The van der Waals surface area contributed by atoms with Crippen LogP contribution in [0.4, 0.5) is 9.59 Å². The lowest BCUT2D eigenvalue weighted by Crippen LogP contribution is -2.47. The van der Waals surface area contributed by atoms with Gasteiger partial charge < -0.3 is 24.5 Å².